The molecule has 0 atom stereocenters. The van der Waals surface area contributed by atoms with Crippen molar-refractivity contribution >= 4 is 26.7 Å². The monoisotopic (exact) mass is 376 g/mol. The Kier molecular flexibility index (Phi) is 4.36. The highest BCUT2D eigenvalue weighted by molar-refractivity contribution is 7.89. The third kappa shape index (κ3) is 3.45. The number of aryl methyl sites for hydroxylation is 1. The first-order valence-electron chi connectivity index (χ1n) is 9.08. The molecule has 0 fully saturated rings. The molecule has 2 aromatic rings. The van der Waals surface area contributed by atoms with Crippen molar-refractivity contribution in [2.75, 3.05) is 0 Å². The van der Waals surface area contributed by atoms with Crippen LogP contribution in [0.1, 0.15) is 69.6 Å². The van der Waals surface area contributed by atoms with Gasteiger partial charge in [0.05, 0.1) is 4.90 Å². The van der Waals surface area contributed by atoms with Gasteiger partial charge in [-0.15, -0.1) is 0 Å². The second-order valence-corrected chi connectivity index (χ2v) is 10.8. The number of rotatable bonds is 3. The summed E-state index contributed by atoms with van der Waals surface area (Å²) in [6.45, 7) is 11.6. The summed E-state index contributed by atoms with van der Waals surface area (Å²) in [4.78, 5) is 16.3. The minimum Gasteiger partial charge on any atom is -0.358 e. The lowest BCUT2D eigenvalue weighted by molar-refractivity contribution is 0.0913. The maximum absolute atomic E-state index is 12.9. The molecule has 1 aromatic carbocycles. The molecule has 1 aliphatic carbocycles. The number of carbonyl (C=O) groups is 1. The number of H-pyrrole nitrogens is 1. The van der Waals surface area contributed by atoms with Crippen LogP contribution in [-0.2, 0) is 22.9 Å². The number of benzene rings is 1. The van der Waals surface area contributed by atoms with Crippen LogP contribution in [0.4, 0.5) is 0 Å². The van der Waals surface area contributed by atoms with E-state index in [9.17, 15) is 13.2 Å². The van der Waals surface area contributed by atoms with E-state index in [1.807, 2.05) is 33.8 Å². The van der Waals surface area contributed by atoms with E-state index in [1.165, 1.54) is 0 Å². The van der Waals surface area contributed by atoms with Crippen molar-refractivity contribution in [2.24, 2.45) is 5.41 Å². The van der Waals surface area contributed by atoms with E-state index in [0.29, 0.717) is 18.4 Å². The summed E-state index contributed by atoms with van der Waals surface area (Å²) < 4.78 is 28.5. The van der Waals surface area contributed by atoms with E-state index < -0.39 is 15.6 Å². The summed E-state index contributed by atoms with van der Waals surface area (Å²) in [5, 5.41) is 0.840. The topological polar surface area (TPSA) is 79.0 Å². The Balaban J connectivity index is 2.22. The number of Topliss-reactive ketones (excluding diaryl/α,β-unsaturated/α-hetero) is 1. The van der Waals surface area contributed by atoms with Crippen molar-refractivity contribution in [3.8, 4) is 0 Å². The minimum atomic E-state index is -3.64. The number of nitrogens with one attached hydrogen (secondary N) is 2. The van der Waals surface area contributed by atoms with Crippen molar-refractivity contribution in [3.05, 3.63) is 29.0 Å². The van der Waals surface area contributed by atoms with Gasteiger partial charge >= 0.3 is 0 Å². The lowest BCUT2D eigenvalue weighted by Crippen LogP contribution is -2.40. The Morgan fingerprint density at radius 3 is 2.42 bits per heavy atom. The number of fused-ring (bicyclic) bond motifs is 3. The van der Waals surface area contributed by atoms with Crippen LogP contribution >= 0.6 is 0 Å². The van der Waals surface area contributed by atoms with Crippen molar-refractivity contribution in [1.29, 1.82) is 0 Å². The fourth-order valence-corrected chi connectivity index (χ4v) is 5.56. The van der Waals surface area contributed by atoms with Gasteiger partial charge in [0.25, 0.3) is 0 Å². The summed E-state index contributed by atoms with van der Waals surface area (Å²) >= 11 is 0. The Morgan fingerprint density at radius 1 is 1.19 bits per heavy atom. The van der Waals surface area contributed by atoms with Gasteiger partial charge in [0, 0.05) is 34.1 Å². The Hall–Kier alpha value is -1.66. The van der Waals surface area contributed by atoms with Gasteiger partial charge in [-0.2, -0.15) is 0 Å². The molecule has 0 radical (unpaired) electrons. The summed E-state index contributed by atoms with van der Waals surface area (Å²) in [5.41, 5.74) is 2.46. The highest BCUT2D eigenvalue weighted by Gasteiger charge is 2.34. The number of aromatic nitrogens is 1. The third-order valence-corrected chi connectivity index (χ3v) is 6.58. The maximum Gasteiger partial charge on any atom is 0.241 e. The Morgan fingerprint density at radius 2 is 1.85 bits per heavy atom. The standard InChI is InChI=1S/C20H28N2O3S/c1-7-12-8-13-14(9-17(12)26(24,25)22-19(2,3)4)21-15-10-20(5,6)11-16(23)18(13)15/h8-9,21-22H,7,10-11H2,1-6H3. The van der Waals surface area contributed by atoms with E-state index in [1.54, 1.807) is 6.07 Å². The fourth-order valence-electron chi connectivity index (χ4n) is 3.82. The first kappa shape index (κ1) is 19.1. The van der Waals surface area contributed by atoms with Crippen LogP contribution in [0.2, 0.25) is 0 Å². The molecule has 6 heteroatoms. The van der Waals surface area contributed by atoms with E-state index in [0.717, 1.165) is 28.6 Å². The summed E-state index contributed by atoms with van der Waals surface area (Å²) in [5.74, 6) is 0.132. The van der Waals surface area contributed by atoms with E-state index in [-0.39, 0.29) is 16.1 Å². The molecule has 2 N–H and O–H groups in total. The number of hydrogen-bond donors (Lipinski definition) is 2. The maximum atomic E-state index is 12.9. The SMILES string of the molecule is CCc1cc2c3c([nH]c2cc1S(=O)(=O)NC(C)(C)C)CC(C)(C)CC3=O. The fraction of sp³-hybridized carbons (Fsp3) is 0.550. The van der Waals surface area contributed by atoms with E-state index in [2.05, 4.69) is 23.6 Å². The molecule has 5 nitrogen and oxygen atoms in total. The molecule has 3 rings (SSSR count). The molecule has 0 aliphatic heterocycles. The van der Waals surface area contributed by atoms with Gasteiger partial charge in [-0.3, -0.25) is 4.79 Å². The summed E-state index contributed by atoms with van der Waals surface area (Å²) in [7, 11) is -3.64. The quantitative estimate of drug-likeness (QED) is 0.851. The molecular formula is C20H28N2O3S. The number of carbonyl (C=O) groups excluding carboxylic acids is 1. The van der Waals surface area contributed by atoms with Crippen LogP contribution in [0.15, 0.2) is 17.0 Å². The van der Waals surface area contributed by atoms with Crippen LogP contribution in [0.5, 0.6) is 0 Å². The van der Waals surface area contributed by atoms with Crippen molar-refractivity contribution in [3.63, 3.8) is 0 Å². The molecule has 0 saturated heterocycles. The largest absolute Gasteiger partial charge is 0.358 e. The second-order valence-electron chi connectivity index (χ2n) is 9.13. The normalized spacial score (nSPS) is 17.5. The average molecular weight is 377 g/mol. The molecule has 0 amide bonds. The first-order valence-corrected chi connectivity index (χ1v) is 10.6. The molecule has 0 bridgehead atoms. The molecule has 142 valence electrons. The van der Waals surface area contributed by atoms with Crippen molar-refractivity contribution in [1.82, 2.24) is 9.71 Å². The zero-order valence-corrected chi connectivity index (χ0v) is 17.2. The molecule has 0 unspecified atom stereocenters. The number of sulfonamides is 1. The van der Waals surface area contributed by atoms with Gasteiger partial charge < -0.3 is 4.98 Å². The third-order valence-electron chi connectivity index (χ3n) is 4.74. The Labute approximate surface area is 155 Å². The smallest absolute Gasteiger partial charge is 0.241 e. The molecule has 1 aliphatic rings. The molecule has 0 spiro atoms. The van der Waals surface area contributed by atoms with E-state index >= 15 is 0 Å². The van der Waals surface area contributed by atoms with Gasteiger partial charge in [-0.05, 0) is 56.7 Å². The number of aromatic amines is 1. The van der Waals surface area contributed by atoms with Crippen molar-refractivity contribution < 1.29 is 13.2 Å². The predicted molar refractivity (Wildman–Crippen MR) is 104 cm³/mol. The van der Waals surface area contributed by atoms with Gasteiger partial charge in [0.1, 0.15) is 0 Å². The first-order chi connectivity index (χ1) is 11.8. The van der Waals surface area contributed by atoms with Gasteiger partial charge in [0.15, 0.2) is 5.78 Å². The van der Waals surface area contributed by atoms with Crippen LogP contribution < -0.4 is 4.72 Å². The molecule has 0 saturated carbocycles. The zero-order chi connectivity index (χ0) is 19.5. The summed E-state index contributed by atoms with van der Waals surface area (Å²) in [6.07, 6.45) is 1.88. The molecular weight excluding hydrogens is 348 g/mol. The predicted octanol–water partition coefficient (Wildman–Crippen LogP) is 3.96. The molecule has 1 aromatic heterocycles. The van der Waals surface area contributed by atoms with E-state index in [4.69, 9.17) is 0 Å². The van der Waals surface area contributed by atoms with Crippen LogP contribution in [0.25, 0.3) is 10.9 Å². The van der Waals surface area contributed by atoms with Crippen molar-refractivity contribution in [2.45, 2.75) is 71.2 Å². The number of hydrogen-bond acceptors (Lipinski definition) is 3. The van der Waals surface area contributed by atoms with Crippen LogP contribution in [0, 0.1) is 5.41 Å². The van der Waals surface area contributed by atoms with Gasteiger partial charge in [-0.25, -0.2) is 13.1 Å². The molecule has 1 heterocycles. The summed E-state index contributed by atoms with van der Waals surface area (Å²) in [6, 6.07) is 3.55. The lowest BCUT2D eigenvalue weighted by atomic mass is 9.76. The number of ketones is 1. The van der Waals surface area contributed by atoms with Gasteiger partial charge in [0.2, 0.25) is 10.0 Å². The van der Waals surface area contributed by atoms with Gasteiger partial charge in [-0.1, -0.05) is 20.8 Å². The highest BCUT2D eigenvalue weighted by atomic mass is 32.2. The minimum absolute atomic E-state index is 0.0821. The zero-order valence-electron chi connectivity index (χ0n) is 16.4. The highest BCUT2D eigenvalue weighted by Crippen LogP contribution is 2.39. The lowest BCUT2D eigenvalue weighted by Gasteiger charge is -2.28. The molecule has 26 heavy (non-hydrogen) atoms. The van der Waals surface area contributed by atoms with Crippen LogP contribution in [-0.4, -0.2) is 24.7 Å². The second kappa shape index (κ2) is 5.92. The van der Waals surface area contributed by atoms with Crippen LogP contribution in [0.3, 0.4) is 0 Å². The average Bonchev–Trinajstić information content (AvgIpc) is 2.78. The Bertz CT molecular complexity index is 992.